The maximum Gasteiger partial charge on any atom is 0.232 e. The van der Waals surface area contributed by atoms with Crippen molar-refractivity contribution in [2.45, 2.75) is 39.5 Å². The predicted molar refractivity (Wildman–Crippen MR) is 127 cm³/mol. The number of carbonyl (C=O) groups is 2. The van der Waals surface area contributed by atoms with E-state index in [1.807, 2.05) is 0 Å². The van der Waals surface area contributed by atoms with Crippen LogP contribution in [0.5, 0.6) is 0 Å². The van der Waals surface area contributed by atoms with Gasteiger partial charge < -0.3 is 10.2 Å². The second kappa shape index (κ2) is 10.8. The standard InChI is InChI=1S/C24H30FN3O4S/c1-3-14-33(31,32)27-22-8-4-7-21(17(22)2)26-24(30)19-6-5-13-28(16-19)23(29)15-18-9-11-20(25)12-10-18/h4,7-12,19,27H,3,5-6,13-16H2,1-2H3,(H,26,30). The molecule has 1 fully saturated rings. The molecule has 3 rings (SSSR count). The minimum Gasteiger partial charge on any atom is -0.342 e. The Balaban J connectivity index is 1.63. The number of nitrogens with zero attached hydrogens (tertiary/aromatic N) is 1. The van der Waals surface area contributed by atoms with Crippen LogP contribution >= 0.6 is 0 Å². The number of carbonyl (C=O) groups excluding carboxylic acids is 2. The highest BCUT2D eigenvalue weighted by Gasteiger charge is 2.29. The minimum absolute atomic E-state index is 0.0207. The van der Waals surface area contributed by atoms with E-state index >= 15 is 0 Å². The summed E-state index contributed by atoms with van der Waals surface area (Å²) in [7, 11) is -3.45. The highest BCUT2D eigenvalue weighted by Crippen LogP contribution is 2.26. The number of rotatable bonds is 8. The van der Waals surface area contributed by atoms with Crippen LogP contribution in [-0.2, 0) is 26.0 Å². The molecular weight excluding hydrogens is 445 g/mol. The zero-order chi connectivity index (χ0) is 24.0. The molecule has 0 radical (unpaired) electrons. The van der Waals surface area contributed by atoms with Crippen LogP contribution < -0.4 is 10.0 Å². The Morgan fingerprint density at radius 1 is 1.12 bits per heavy atom. The summed E-state index contributed by atoms with van der Waals surface area (Å²) in [4.78, 5) is 27.3. The molecule has 0 aromatic heterocycles. The van der Waals surface area contributed by atoms with Crippen molar-refractivity contribution in [2.24, 2.45) is 5.92 Å². The SMILES string of the molecule is CCCS(=O)(=O)Nc1cccc(NC(=O)C2CCCN(C(=O)Cc3ccc(F)cc3)C2)c1C. The van der Waals surface area contributed by atoms with Crippen molar-refractivity contribution in [3.05, 3.63) is 59.4 Å². The zero-order valence-corrected chi connectivity index (χ0v) is 19.8. The van der Waals surface area contributed by atoms with E-state index < -0.39 is 10.0 Å². The molecule has 2 N–H and O–H groups in total. The van der Waals surface area contributed by atoms with Gasteiger partial charge in [-0.2, -0.15) is 0 Å². The molecule has 0 saturated carbocycles. The van der Waals surface area contributed by atoms with E-state index in [2.05, 4.69) is 10.0 Å². The number of hydrogen-bond donors (Lipinski definition) is 2. The molecule has 1 unspecified atom stereocenters. The van der Waals surface area contributed by atoms with Crippen molar-refractivity contribution < 1.29 is 22.4 Å². The largest absolute Gasteiger partial charge is 0.342 e. The number of sulfonamides is 1. The van der Waals surface area contributed by atoms with Gasteiger partial charge in [-0.3, -0.25) is 14.3 Å². The van der Waals surface area contributed by atoms with Gasteiger partial charge in [0.1, 0.15) is 5.82 Å². The number of benzene rings is 2. The van der Waals surface area contributed by atoms with E-state index in [1.54, 1.807) is 49.1 Å². The highest BCUT2D eigenvalue weighted by atomic mass is 32.2. The molecule has 0 bridgehead atoms. The van der Waals surface area contributed by atoms with Gasteiger partial charge >= 0.3 is 0 Å². The van der Waals surface area contributed by atoms with Crippen LogP contribution in [0.3, 0.4) is 0 Å². The summed E-state index contributed by atoms with van der Waals surface area (Å²) in [5.74, 6) is -0.991. The summed E-state index contributed by atoms with van der Waals surface area (Å²) in [6.07, 6.45) is 2.04. The molecule has 1 heterocycles. The first-order chi connectivity index (χ1) is 15.7. The van der Waals surface area contributed by atoms with Crippen LogP contribution in [0.4, 0.5) is 15.8 Å². The van der Waals surface area contributed by atoms with Gasteiger partial charge in [0, 0.05) is 18.8 Å². The average molecular weight is 476 g/mol. The Morgan fingerprint density at radius 3 is 2.52 bits per heavy atom. The van der Waals surface area contributed by atoms with Gasteiger partial charge in [-0.25, -0.2) is 12.8 Å². The highest BCUT2D eigenvalue weighted by molar-refractivity contribution is 7.92. The van der Waals surface area contributed by atoms with E-state index in [-0.39, 0.29) is 35.7 Å². The van der Waals surface area contributed by atoms with Crippen LogP contribution in [0.1, 0.15) is 37.3 Å². The van der Waals surface area contributed by atoms with Crippen molar-refractivity contribution in [2.75, 3.05) is 28.9 Å². The first-order valence-electron chi connectivity index (χ1n) is 11.1. The number of amides is 2. The van der Waals surface area contributed by atoms with E-state index in [4.69, 9.17) is 0 Å². The normalized spacial score (nSPS) is 16.3. The third kappa shape index (κ3) is 6.77. The maximum atomic E-state index is 13.1. The van der Waals surface area contributed by atoms with Crippen molar-refractivity contribution in [1.29, 1.82) is 0 Å². The molecule has 2 aromatic carbocycles. The summed E-state index contributed by atoms with van der Waals surface area (Å²) in [5.41, 5.74) is 2.32. The molecule has 1 saturated heterocycles. The van der Waals surface area contributed by atoms with Crippen molar-refractivity contribution in [3.8, 4) is 0 Å². The lowest BCUT2D eigenvalue weighted by Crippen LogP contribution is -2.44. The van der Waals surface area contributed by atoms with E-state index in [1.165, 1.54) is 12.1 Å². The monoisotopic (exact) mass is 475 g/mol. The van der Waals surface area contributed by atoms with Crippen LogP contribution in [0.15, 0.2) is 42.5 Å². The Labute approximate surface area is 194 Å². The Bertz CT molecular complexity index is 1100. The zero-order valence-electron chi connectivity index (χ0n) is 18.9. The smallest absolute Gasteiger partial charge is 0.232 e. The predicted octanol–water partition coefficient (Wildman–Crippen LogP) is 3.71. The molecule has 1 atom stereocenters. The molecule has 7 nitrogen and oxygen atoms in total. The minimum atomic E-state index is -3.45. The fourth-order valence-corrected chi connectivity index (χ4v) is 5.11. The number of piperidine rings is 1. The lowest BCUT2D eigenvalue weighted by Gasteiger charge is -2.32. The number of anilines is 2. The second-order valence-electron chi connectivity index (χ2n) is 8.37. The number of nitrogens with one attached hydrogen (secondary N) is 2. The van der Waals surface area contributed by atoms with Crippen LogP contribution in [0.25, 0.3) is 0 Å². The van der Waals surface area contributed by atoms with E-state index in [0.717, 1.165) is 5.56 Å². The molecule has 1 aliphatic rings. The third-order valence-electron chi connectivity index (χ3n) is 5.74. The summed E-state index contributed by atoms with van der Waals surface area (Å²) >= 11 is 0. The molecule has 1 aliphatic heterocycles. The van der Waals surface area contributed by atoms with Crippen LogP contribution in [-0.4, -0.2) is 44.0 Å². The number of likely N-dealkylation sites (tertiary alicyclic amines) is 1. The maximum absolute atomic E-state index is 13.1. The Kier molecular flexibility index (Phi) is 8.07. The van der Waals surface area contributed by atoms with Gasteiger partial charge in [0.25, 0.3) is 0 Å². The van der Waals surface area contributed by atoms with Gasteiger partial charge in [-0.15, -0.1) is 0 Å². The first kappa shape index (κ1) is 24.7. The topological polar surface area (TPSA) is 95.6 Å². The fraction of sp³-hybridized carbons (Fsp3) is 0.417. The first-order valence-corrected chi connectivity index (χ1v) is 12.8. The molecule has 9 heteroatoms. The quantitative estimate of drug-likeness (QED) is 0.609. The van der Waals surface area contributed by atoms with E-state index in [0.29, 0.717) is 49.3 Å². The van der Waals surface area contributed by atoms with E-state index in [9.17, 15) is 22.4 Å². The molecule has 2 amide bonds. The Morgan fingerprint density at radius 2 is 1.82 bits per heavy atom. The van der Waals surface area contributed by atoms with Gasteiger partial charge in [0.15, 0.2) is 0 Å². The molecule has 0 aliphatic carbocycles. The molecule has 33 heavy (non-hydrogen) atoms. The average Bonchev–Trinajstić information content (AvgIpc) is 2.78. The fourth-order valence-electron chi connectivity index (χ4n) is 3.91. The second-order valence-corrected chi connectivity index (χ2v) is 10.2. The molecule has 178 valence electrons. The van der Waals surface area contributed by atoms with Gasteiger partial charge in [0.2, 0.25) is 21.8 Å². The van der Waals surface area contributed by atoms with Gasteiger partial charge in [-0.05, 0) is 61.6 Å². The number of halogens is 1. The van der Waals surface area contributed by atoms with Crippen molar-refractivity contribution in [3.63, 3.8) is 0 Å². The summed E-state index contributed by atoms with van der Waals surface area (Å²) < 4.78 is 39.9. The third-order valence-corrected chi connectivity index (χ3v) is 7.22. The van der Waals surface area contributed by atoms with Crippen molar-refractivity contribution in [1.82, 2.24) is 4.90 Å². The number of hydrogen-bond acceptors (Lipinski definition) is 4. The summed E-state index contributed by atoms with van der Waals surface area (Å²) in [6.45, 7) is 4.44. The molecule has 0 spiro atoms. The van der Waals surface area contributed by atoms with Crippen LogP contribution in [0.2, 0.25) is 0 Å². The van der Waals surface area contributed by atoms with Gasteiger partial charge in [0.05, 0.1) is 23.8 Å². The van der Waals surface area contributed by atoms with Gasteiger partial charge in [-0.1, -0.05) is 25.1 Å². The molecule has 2 aromatic rings. The Hall–Kier alpha value is -2.94. The molecular formula is C24H30FN3O4S. The lowest BCUT2D eigenvalue weighted by atomic mass is 9.96. The summed E-state index contributed by atoms with van der Waals surface area (Å²) in [5, 5.41) is 2.90. The lowest BCUT2D eigenvalue weighted by molar-refractivity contribution is -0.133. The van der Waals surface area contributed by atoms with Crippen molar-refractivity contribution >= 4 is 33.2 Å². The summed E-state index contributed by atoms with van der Waals surface area (Å²) in [6, 6.07) is 10.9. The van der Waals surface area contributed by atoms with Crippen LogP contribution in [0, 0.1) is 18.7 Å².